The molecule has 1 aliphatic rings. The van der Waals surface area contributed by atoms with Crippen LogP contribution < -0.4 is 16.6 Å². The third-order valence-electron chi connectivity index (χ3n) is 4.07. The van der Waals surface area contributed by atoms with Gasteiger partial charge in [-0.2, -0.15) is 4.98 Å². The lowest BCUT2D eigenvalue weighted by Crippen LogP contribution is -2.28. The molecular weight excluding hydrogens is 272 g/mol. The van der Waals surface area contributed by atoms with Crippen LogP contribution in [0.4, 0.5) is 17.5 Å². The second kappa shape index (κ2) is 6.66. The molecule has 1 aromatic heterocycles. The Balaban J connectivity index is 2.25. The highest BCUT2D eigenvalue weighted by molar-refractivity contribution is 5.61. The van der Waals surface area contributed by atoms with E-state index in [1.165, 1.54) is 6.42 Å². The standard InChI is InChI=1S/C13H22N6O2/c1-3-9-5-4-6-10(7-9)16-12-11(19(20)21)8(2)15-13(17-12)18-14/h9-10H,3-7,14H2,1-2H3,(H2,15,16,17,18). The molecule has 0 radical (unpaired) electrons. The van der Waals surface area contributed by atoms with Gasteiger partial charge in [0.05, 0.1) is 4.92 Å². The van der Waals surface area contributed by atoms with E-state index in [0.29, 0.717) is 11.6 Å². The monoisotopic (exact) mass is 294 g/mol. The zero-order valence-corrected chi connectivity index (χ0v) is 12.4. The van der Waals surface area contributed by atoms with Crippen LogP contribution in [0.15, 0.2) is 0 Å². The number of anilines is 2. The van der Waals surface area contributed by atoms with E-state index < -0.39 is 4.92 Å². The third-order valence-corrected chi connectivity index (χ3v) is 4.07. The summed E-state index contributed by atoms with van der Waals surface area (Å²) in [5, 5.41) is 14.5. The van der Waals surface area contributed by atoms with Crippen LogP contribution in [0.3, 0.4) is 0 Å². The lowest BCUT2D eigenvalue weighted by Gasteiger charge is -2.29. The van der Waals surface area contributed by atoms with E-state index in [1.54, 1.807) is 6.92 Å². The second-order valence-corrected chi connectivity index (χ2v) is 5.51. The van der Waals surface area contributed by atoms with E-state index in [9.17, 15) is 10.1 Å². The fraction of sp³-hybridized carbons (Fsp3) is 0.692. The van der Waals surface area contributed by atoms with Crippen molar-refractivity contribution in [2.24, 2.45) is 11.8 Å². The van der Waals surface area contributed by atoms with E-state index in [2.05, 4.69) is 27.6 Å². The van der Waals surface area contributed by atoms with Gasteiger partial charge in [-0.05, 0) is 25.7 Å². The normalized spacial score (nSPS) is 21.9. The fourth-order valence-corrected chi connectivity index (χ4v) is 2.94. The molecule has 1 fully saturated rings. The maximum Gasteiger partial charge on any atom is 0.332 e. The summed E-state index contributed by atoms with van der Waals surface area (Å²) in [4.78, 5) is 18.9. The van der Waals surface area contributed by atoms with Gasteiger partial charge in [-0.1, -0.05) is 26.2 Å². The number of hydrazine groups is 1. The summed E-state index contributed by atoms with van der Waals surface area (Å²) in [6.45, 7) is 3.77. The maximum atomic E-state index is 11.2. The molecule has 1 aromatic rings. The van der Waals surface area contributed by atoms with Crippen molar-refractivity contribution in [1.82, 2.24) is 9.97 Å². The number of nitrogens with zero attached hydrogens (tertiary/aromatic N) is 3. The smallest absolute Gasteiger partial charge is 0.332 e. The molecule has 0 amide bonds. The molecule has 116 valence electrons. The number of nitrogens with one attached hydrogen (secondary N) is 2. The van der Waals surface area contributed by atoms with Crippen LogP contribution in [-0.2, 0) is 0 Å². The van der Waals surface area contributed by atoms with Crippen LogP contribution >= 0.6 is 0 Å². The first-order chi connectivity index (χ1) is 10.0. The summed E-state index contributed by atoms with van der Waals surface area (Å²) in [5.74, 6) is 6.43. The minimum absolute atomic E-state index is 0.0763. The van der Waals surface area contributed by atoms with Crippen LogP contribution in [0.5, 0.6) is 0 Å². The van der Waals surface area contributed by atoms with E-state index in [0.717, 1.165) is 25.7 Å². The summed E-state index contributed by atoms with van der Waals surface area (Å²) in [7, 11) is 0. The van der Waals surface area contributed by atoms with E-state index in [1.807, 2.05) is 0 Å². The first-order valence-electron chi connectivity index (χ1n) is 7.31. The fourth-order valence-electron chi connectivity index (χ4n) is 2.94. The topological polar surface area (TPSA) is 119 Å². The number of rotatable bonds is 5. The molecule has 4 N–H and O–H groups in total. The molecule has 21 heavy (non-hydrogen) atoms. The Morgan fingerprint density at radius 1 is 1.43 bits per heavy atom. The van der Waals surface area contributed by atoms with Crippen molar-refractivity contribution in [2.45, 2.75) is 52.0 Å². The predicted molar refractivity (Wildman–Crippen MR) is 80.9 cm³/mol. The van der Waals surface area contributed by atoms with Gasteiger partial charge in [-0.15, -0.1) is 0 Å². The van der Waals surface area contributed by atoms with Crippen LogP contribution in [0.25, 0.3) is 0 Å². The molecule has 8 heteroatoms. The highest BCUT2D eigenvalue weighted by atomic mass is 16.6. The van der Waals surface area contributed by atoms with Gasteiger partial charge < -0.3 is 5.32 Å². The molecule has 0 bridgehead atoms. The molecule has 8 nitrogen and oxygen atoms in total. The number of hydrogen-bond donors (Lipinski definition) is 3. The second-order valence-electron chi connectivity index (χ2n) is 5.51. The molecule has 1 heterocycles. The van der Waals surface area contributed by atoms with Crippen molar-refractivity contribution >= 4 is 17.5 Å². The molecule has 2 rings (SSSR count). The van der Waals surface area contributed by atoms with Gasteiger partial charge in [-0.3, -0.25) is 15.5 Å². The van der Waals surface area contributed by atoms with Crippen molar-refractivity contribution in [3.8, 4) is 0 Å². The maximum absolute atomic E-state index is 11.2. The van der Waals surface area contributed by atoms with Crippen molar-refractivity contribution in [1.29, 1.82) is 0 Å². The number of nitro groups is 1. The van der Waals surface area contributed by atoms with Gasteiger partial charge in [0, 0.05) is 6.04 Å². The van der Waals surface area contributed by atoms with Gasteiger partial charge in [0.15, 0.2) is 0 Å². The molecule has 0 spiro atoms. The first-order valence-corrected chi connectivity index (χ1v) is 7.31. The van der Waals surface area contributed by atoms with Crippen LogP contribution in [0.1, 0.15) is 44.7 Å². The van der Waals surface area contributed by atoms with E-state index in [-0.39, 0.29) is 23.5 Å². The minimum atomic E-state index is -0.446. The summed E-state index contributed by atoms with van der Waals surface area (Å²) >= 11 is 0. The molecule has 1 aliphatic carbocycles. The molecule has 0 aliphatic heterocycles. The molecular formula is C13H22N6O2. The van der Waals surface area contributed by atoms with Crippen molar-refractivity contribution in [2.75, 3.05) is 10.7 Å². The summed E-state index contributed by atoms with van der Waals surface area (Å²) in [6, 6.07) is 0.210. The molecule has 2 unspecified atom stereocenters. The van der Waals surface area contributed by atoms with Crippen molar-refractivity contribution in [3.63, 3.8) is 0 Å². The Labute approximate surface area is 123 Å². The number of hydrogen-bond acceptors (Lipinski definition) is 7. The number of nitrogen functional groups attached to an aromatic ring is 1. The molecule has 0 aromatic carbocycles. The lowest BCUT2D eigenvalue weighted by atomic mass is 9.84. The van der Waals surface area contributed by atoms with E-state index in [4.69, 9.17) is 5.84 Å². The molecule has 2 atom stereocenters. The Kier molecular flexibility index (Phi) is 4.89. The van der Waals surface area contributed by atoms with Gasteiger partial charge in [0.2, 0.25) is 11.8 Å². The Morgan fingerprint density at radius 3 is 2.81 bits per heavy atom. The summed E-state index contributed by atoms with van der Waals surface area (Å²) in [5.41, 5.74) is 2.57. The van der Waals surface area contributed by atoms with E-state index >= 15 is 0 Å². The van der Waals surface area contributed by atoms with Crippen LogP contribution in [0.2, 0.25) is 0 Å². The average Bonchev–Trinajstić information content (AvgIpc) is 2.46. The van der Waals surface area contributed by atoms with Crippen molar-refractivity contribution in [3.05, 3.63) is 15.8 Å². The van der Waals surface area contributed by atoms with Gasteiger partial charge in [0.25, 0.3) is 0 Å². The third kappa shape index (κ3) is 3.57. The van der Waals surface area contributed by atoms with Crippen LogP contribution in [-0.4, -0.2) is 20.9 Å². The van der Waals surface area contributed by atoms with Crippen molar-refractivity contribution < 1.29 is 4.92 Å². The Hall–Kier alpha value is -1.96. The minimum Gasteiger partial charge on any atom is -0.361 e. The molecule has 1 saturated carbocycles. The summed E-state index contributed by atoms with van der Waals surface area (Å²) < 4.78 is 0. The highest BCUT2D eigenvalue weighted by Crippen LogP contribution is 2.32. The summed E-state index contributed by atoms with van der Waals surface area (Å²) in [6.07, 6.45) is 5.52. The number of nitrogens with two attached hydrogens (primary N) is 1. The van der Waals surface area contributed by atoms with Gasteiger partial charge in [0.1, 0.15) is 5.69 Å². The first kappa shape index (κ1) is 15.4. The average molecular weight is 294 g/mol. The highest BCUT2D eigenvalue weighted by Gasteiger charge is 2.26. The van der Waals surface area contributed by atoms with Gasteiger partial charge >= 0.3 is 5.69 Å². The zero-order chi connectivity index (χ0) is 15.4. The Bertz CT molecular complexity index is 522. The SMILES string of the molecule is CCC1CCCC(Nc2nc(NN)nc(C)c2[N+](=O)[O-])C1. The van der Waals surface area contributed by atoms with Gasteiger partial charge in [-0.25, -0.2) is 10.8 Å². The number of aromatic nitrogens is 2. The lowest BCUT2D eigenvalue weighted by molar-refractivity contribution is -0.385. The predicted octanol–water partition coefficient (Wildman–Crippen LogP) is 2.36. The molecule has 0 saturated heterocycles. The zero-order valence-electron chi connectivity index (χ0n) is 12.4. The Morgan fingerprint density at radius 2 is 2.19 bits per heavy atom. The quantitative estimate of drug-likeness (QED) is 0.433. The van der Waals surface area contributed by atoms with Crippen LogP contribution in [0, 0.1) is 23.0 Å². The number of aryl methyl sites for hydroxylation is 1. The largest absolute Gasteiger partial charge is 0.361 e.